The third kappa shape index (κ3) is 1.93. The van der Waals surface area contributed by atoms with Crippen LogP contribution in [-0.4, -0.2) is 29.8 Å². The highest BCUT2D eigenvalue weighted by Crippen LogP contribution is 2.04. The van der Waals surface area contributed by atoms with Crippen LogP contribution in [-0.2, 0) is 4.79 Å². The van der Waals surface area contributed by atoms with Crippen LogP contribution in [0.3, 0.4) is 0 Å². The van der Waals surface area contributed by atoms with Gasteiger partial charge in [-0.15, -0.1) is 0 Å². The fourth-order valence-electron chi connectivity index (χ4n) is 0.449. The Morgan fingerprint density at radius 3 is 2.30 bits per heavy atom. The molecule has 0 heterocycles. The van der Waals surface area contributed by atoms with Crippen LogP contribution in [0, 0.1) is 0 Å². The monoisotopic (exact) mass is 150 g/mol. The molecule has 0 rings (SSSR count). The minimum Gasteiger partial charge on any atom is -0.394 e. The Hall–Kier alpha value is -0.680. The molecule has 0 aromatic rings. The summed E-state index contributed by atoms with van der Waals surface area (Å²) in [7, 11) is 0. The van der Waals surface area contributed by atoms with E-state index in [9.17, 15) is 9.18 Å². The summed E-state index contributed by atoms with van der Waals surface area (Å²) in [6.07, 6.45) is -0.237. The highest BCUT2D eigenvalue weighted by molar-refractivity contribution is 5.84. The summed E-state index contributed by atoms with van der Waals surface area (Å²) in [5, 5.41) is 8.49. The van der Waals surface area contributed by atoms with Crippen molar-refractivity contribution in [3.05, 3.63) is 0 Å². The molecule has 0 aromatic carbocycles. The van der Waals surface area contributed by atoms with Crippen LogP contribution in [0.4, 0.5) is 4.39 Å². The first-order valence-electron chi connectivity index (χ1n) is 2.82. The molecule has 0 aliphatic rings. The van der Waals surface area contributed by atoms with E-state index >= 15 is 0 Å². The second-order valence-electron chi connectivity index (χ2n) is 2.12. The number of carbonyl (C=O) groups is 1. The molecule has 0 radical (unpaired) electrons. The van der Waals surface area contributed by atoms with Crippen LogP contribution in [0.25, 0.3) is 0 Å². The number of hydrogen-bond acceptors (Lipinski definition) is 3. The molecule has 5 N–H and O–H groups in total. The maximum absolute atomic E-state index is 11.6. The van der Waals surface area contributed by atoms with Crippen LogP contribution in [0.5, 0.6) is 0 Å². The number of primary amides is 1. The minimum atomic E-state index is -1.59. The third-order valence-electron chi connectivity index (χ3n) is 1.31. The topological polar surface area (TPSA) is 89.3 Å². The Kier molecular flexibility index (Phi) is 3.24. The Labute approximate surface area is 58.0 Å². The van der Waals surface area contributed by atoms with Crippen molar-refractivity contribution in [1.82, 2.24) is 0 Å². The molecule has 1 amide bonds. The van der Waals surface area contributed by atoms with Crippen molar-refractivity contribution < 1.29 is 14.3 Å². The van der Waals surface area contributed by atoms with Gasteiger partial charge in [0.1, 0.15) is 5.54 Å². The zero-order valence-electron chi connectivity index (χ0n) is 5.51. The van der Waals surface area contributed by atoms with Gasteiger partial charge in [-0.25, -0.2) is 0 Å². The van der Waals surface area contributed by atoms with E-state index < -0.39 is 24.7 Å². The molecule has 0 saturated heterocycles. The maximum Gasteiger partial charge on any atom is 0.239 e. The van der Waals surface area contributed by atoms with Crippen molar-refractivity contribution in [2.45, 2.75) is 12.0 Å². The van der Waals surface area contributed by atoms with Crippen molar-refractivity contribution in [2.75, 3.05) is 13.3 Å². The summed E-state index contributed by atoms with van der Waals surface area (Å²) >= 11 is 0. The first-order valence-corrected chi connectivity index (χ1v) is 2.82. The molecule has 0 spiro atoms. The van der Waals surface area contributed by atoms with E-state index in [0.717, 1.165) is 0 Å². The van der Waals surface area contributed by atoms with Gasteiger partial charge < -0.3 is 16.6 Å². The lowest BCUT2D eigenvalue weighted by Gasteiger charge is -2.20. The van der Waals surface area contributed by atoms with Crippen molar-refractivity contribution in [3.63, 3.8) is 0 Å². The Balaban J connectivity index is 4.08. The van der Waals surface area contributed by atoms with E-state index in [1.54, 1.807) is 0 Å². The maximum atomic E-state index is 11.6. The van der Waals surface area contributed by atoms with Crippen LogP contribution in [0.2, 0.25) is 0 Å². The molecular weight excluding hydrogens is 139 g/mol. The van der Waals surface area contributed by atoms with E-state index in [2.05, 4.69) is 0 Å². The number of carbonyl (C=O) groups excluding carboxylic acids is 1. The van der Waals surface area contributed by atoms with Gasteiger partial charge in [-0.1, -0.05) is 0 Å². The Morgan fingerprint density at radius 1 is 1.70 bits per heavy atom. The molecular formula is C5H11FN2O2. The molecule has 1 unspecified atom stereocenters. The molecule has 1 atom stereocenters. The van der Waals surface area contributed by atoms with Crippen LogP contribution in [0.1, 0.15) is 6.42 Å². The second-order valence-corrected chi connectivity index (χ2v) is 2.12. The molecule has 5 heteroatoms. The highest BCUT2D eigenvalue weighted by atomic mass is 19.1. The van der Waals surface area contributed by atoms with Gasteiger partial charge in [0.25, 0.3) is 0 Å². The van der Waals surface area contributed by atoms with E-state index in [1.165, 1.54) is 0 Å². The molecule has 60 valence electrons. The molecule has 0 saturated carbocycles. The van der Waals surface area contributed by atoms with Gasteiger partial charge in [0.2, 0.25) is 5.91 Å². The number of aliphatic hydroxyl groups is 1. The Morgan fingerprint density at radius 2 is 2.20 bits per heavy atom. The predicted octanol–water partition coefficient (Wildman–Crippen LogP) is -1.48. The molecule has 4 nitrogen and oxygen atoms in total. The SMILES string of the molecule is NC(=O)C(N)(CO)CCF. The summed E-state index contributed by atoms with van der Waals surface area (Å²) in [5.41, 5.74) is 8.37. The molecule has 0 aliphatic heterocycles. The molecule has 0 aliphatic carbocycles. The predicted molar refractivity (Wildman–Crippen MR) is 33.8 cm³/mol. The van der Waals surface area contributed by atoms with Crippen LogP contribution < -0.4 is 11.5 Å². The summed E-state index contributed by atoms with van der Waals surface area (Å²) in [6, 6.07) is 0. The van der Waals surface area contributed by atoms with Gasteiger partial charge in [-0.3, -0.25) is 9.18 Å². The van der Waals surface area contributed by atoms with Crippen molar-refractivity contribution >= 4 is 5.91 Å². The zero-order chi connectivity index (χ0) is 8.20. The first kappa shape index (κ1) is 9.32. The second kappa shape index (κ2) is 3.48. The number of alkyl halides is 1. The van der Waals surface area contributed by atoms with Gasteiger partial charge >= 0.3 is 0 Å². The lowest BCUT2D eigenvalue weighted by molar-refractivity contribution is -0.124. The lowest BCUT2D eigenvalue weighted by atomic mass is 9.98. The normalized spacial score (nSPS) is 16.3. The fourth-order valence-corrected chi connectivity index (χ4v) is 0.449. The first-order chi connectivity index (χ1) is 4.56. The van der Waals surface area contributed by atoms with Gasteiger partial charge in [0, 0.05) is 6.42 Å². The zero-order valence-corrected chi connectivity index (χ0v) is 5.51. The molecule has 10 heavy (non-hydrogen) atoms. The number of rotatable bonds is 4. The molecule has 0 aromatic heterocycles. The fraction of sp³-hybridized carbons (Fsp3) is 0.800. The number of halogens is 1. The van der Waals surface area contributed by atoms with E-state index in [4.69, 9.17) is 16.6 Å². The lowest BCUT2D eigenvalue weighted by Crippen LogP contribution is -2.55. The average Bonchev–Trinajstić information content (AvgIpc) is 1.88. The average molecular weight is 150 g/mol. The summed E-state index contributed by atoms with van der Waals surface area (Å²) in [6.45, 7) is -1.38. The Bertz CT molecular complexity index is 131. The van der Waals surface area contributed by atoms with E-state index in [1.807, 2.05) is 0 Å². The van der Waals surface area contributed by atoms with Crippen molar-refractivity contribution in [2.24, 2.45) is 11.5 Å². The summed E-state index contributed by atoms with van der Waals surface area (Å²) in [4.78, 5) is 10.4. The largest absolute Gasteiger partial charge is 0.394 e. The summed E-state index contributed by atoms with van der Waals surface area (Å²) in [5.74, 6) is -0.882. The quantitative estimate of drug-likeness (QED) is 0.456. The molecule has 0 bridgehead atoms. The van der Waals surface area contributed by atoms with Crippen molar-refractivity contribution in [1.29, 1.82) is 0 Å². The molecule has 0 fully saturated rings. The van der Waals surface area contributed by atoms with Gasteiger partial charge in [-0.2, -0.15) is 0 Å². The van der Waals surface area contributed by atoms with Crippen molar-refractivity contribution in [3.8, 4) is 0 Å². The van der Waals surface area contributed by atoms with Gasteiger partial charge in [0.15, 0.2) is 0 Å². The summed E-state index contributed by atoms with van der Waals surface area (Å²) < 4.78 is 11.6. The van der Waals surface area contributed by atoms with E-state index in [-0.39, 0.29) is 6.42 Å². The third-order valence-corrected chi connectivity index (χ3v) is 1.31. The number of nitrogens with two attached hydrogens (primary N) is 2. The standard InChI is InChI=1S/C5H11FN2O2/c6-2-1-5(8,3-9)4(7)10/h9H,1-3,8H2,(H2,7,10). The number of aliphatic hydroxyl groups excluding tert-OH is 1. The van der Waals surface area contributed by atoms with Crippen LogP contribution in [0.15, 0.2) is 0 Å². The number of hydrogen-bond donors (Lipinski definition) is 3. The highest BCUT2D eigenvalue weighted by Gasteiger charge is 2.30. The smallest absolute Gasteiger partial charge is 0.239 e. The van der Waals surface area contributed by atoms with Gasteiger partial charge in [-0.05, 0) is 0 Å². The van der Waals surface area contributed by atoms with Crippen LogP contribution >= 0.6 is 0 Å². The minimum absolute atomic E-state index is 0.237. The van der Waals surface area contributed by atoms with Gasteiger partial charge in [0.05, 0.1) is 13.3 Å². The number of amides is 1. The van der Waals surface area contributed by atoms with E-state index in [0.29, 0.717) is 0 Å².